The second-order valence-electron chi connectivity index (χ2n) is 16.8. The van der Waals surface area contributed by atoms with Crippen LogP contribution >= 0.6 is 0 Å². The van der Waals surface area contributed by atoms with Crippen LogP contribution in [-0.4, -0.2) is 34.5 Å². The first-order chi connectivity index (χ1) is 33.7. The highest BCUT2D eigenvalue weighted by atomic mass is 15.3. The van der Waals surface area contributed by atoms with E-state index in [0.717, 1.165) is 88.9 Å². The van der Waals surface area contributed by atoms with Crippen molar-refractivity contribution in [3.63, 3.8) is 0 Å². The first-order valence-electron chi connectivity index (χ1n) is 22.6. The summed E-state index contributed by atoms with van der Waals surface area (Å²) >= 11 is 0. The number of hydrogen-bond acceptors (Lipinski definition) is 7. The van der Waals surface area contributed by atoms with Gasteiger partial charge < -0.3 is 4.57 Å². The van der Waals surface area contributed by atoms with E-state index < -0.39 is 0 Å². The predicted octanol–water partition coefficient (Wildman–Crippen LogP) is 14.6. The summed E-state index contributed by atoms with van der Waals surface area (Å²) in [6.45, 7) is 0. The highest BCUT2D eigenvalue weighted by Gasteiger charge is 2.32. The summed E-state index contributed by atoms with van der Waals surface area (Å²) in [4.78, 5) is 33.3. The molecule has 0 saturated heterocycles. The lowest BCUT2D eigenvalue weighted by Crippen LogP contribution is -2.21. The molecule has 68 heavy (non-hydrogen) atoms. The zero-order valence-corrected chi connectivity index (χ0v) is 36.5. The third-order valence-electron chi connectivity index (χ3n) is 12.6. The minimum Gasteiger partial charge on any atom is -0.305 e. The Hall–Kier alpha value is -9.40. The Kier molecular flexibility index (Phi) is 9.31. The number of rotatable bonds is 8. The van der Waals surface area contributed by atoms with Crippen LogP contribution in [0.25, 0.3) is 107 Å². The van der Waals surface area contributed by atoms with Crippen LogP contribution in [0.4, 0.5) is 17.3 Å². The molecule has 12 aromatic rings. The highest BCUT2D eigenvalue weighted by molar-refractivity contribution is 6.18. The minimum absolute atomic E-state index is 0.514. The van der Waals surface area contributed by atoms with E-state index in [0.29, 0.717) is 35.1 Å². The molecule has 0 radical (unpaired) electrons. The van der Waals surface area contributed by atoms with Gasteiger partial charge in [-0.25, -0.2) is 19.9 Å². The molecule has 4 heterocycles. The van der Waals surface area contributed by atoms with E-state index in [-0.39, 0.29) is 0 Å². The molecule has 13 rings (SSSR count). The zero-order chi connectivity index (χ0) is 45.0. The van der Waals surface area contributed by atoms with Crippen molar-refractivity contribution in [1.82, 2.24) is 34.5 Å². The molecule has 9 aromatic carbocycles. The van der Waals surface area contributed by atoms with Gasteiger partial charge in [0, 0.05) is 38.6 Å². The molecule has 0 amide bonds. The Labute approximate surface area is 392 Å². The average molecular weight is 871 g/mol. The average Bonchev–Trinajstić information content (AvgIpc) is 3.76. The summed E-state index contributed by atoms with van der Waals surface area (Å²) < 4.78 is 2.40. The maximum atomic E-state index is 5.36. The lowest BCUT2D eigenvalue weighted by atomic mass is 9.98. The third-order valence-corrected chi connectivity index (χ3v) is 12.6. The van der Waals surface area contributed by atoms with Gasteiger partial charge in [-0.3, -0.25) is 4.90 Å². The van der Waals surface area contributed by atoms with E-state index in [1.165, 1.54) is 0 Å². The van der Waals surface area contributed by atoms with Gasteiger partial charge in [0.15, 0.2) is 29.1 Å². The van der Waals surface area contributed by atoms with Crippen LogP contribution in [-0.2, 0) is 0 Å². The Morgan fingerprint density at radius 3 is 1.12 bits per heavy atom. The second-order valence-corrected chi connectivity index (χ2v) is 16.8. The van der Waals surface area contributed by atoms with Crippen LogP contribution in [0.5, 0.6) is 0 Å². The Morgan fingerprint density at radius 2 is 0.632 bits per heavy atom. The molecule has 8 heteroatoms. The fraction of sp³-hybridized carbons (Fsp3) is 0. The molecular weight excluding hydrogens is 833 g/mol. The molecule has 0 atom stereocenters. The zero-order valence-electron chi connectivity index (χ0n) is 36.5. The molecule has 318 valence electrons. The maximum absolute atomic E-state index is 5.36. The topological polar surface area (TPSA) is 85.5 Å². The number of aromatic nitrogens is 7. The van der Waals surface area contributed by atoms with E-state index >= 15 is 0 Å². The molecule has 0 saturated carbocycles. The number of hydrogen-bond donors (Lipinski definition) is 0. The minimum atomic E-state index is 0.514. The van der Waals surface area contributed by atoms with E-state index in [4.69, 9.17) is 29.9 Å². The van der Waals surface area contributed by atoms with Gasteiger partial charge in [-0.05, 0) is 64.7 Å². The molecular formula is C60H38N8. The van der Waals surface area contributed by atoms with Gasteiger partial charge in [0.25, 0.3) is 0 Å². The summed E-state index contributed by atoms with van der Waals surface area (Å²) in [6.07, 6.45) is 0. The monoisotopic (exact) mass is 870 g/mol. The summed E-state index contributed by atoms with van der Waals surface area (Å²) in [7, 11) is 0. The molecule has 8 nitrogen and oxygen atoms in total. The van der Waals surface area contributed by atoms with Crippen molar-refractivity contribution in [2.75, 3.05) is 4.90 Å². The summed E-state index contributed by atoms with van der Waals surface area (Å²) in [5, 5.41) is 2.13. The maximum Gasteiger partial charge on any atom is 0.238 e. The molecule has 0 unspecified atom stereocenters. The van der Waals surface area contributed by atoms with E-state index in [9.17, 15) is 0 Å². The van der Waals surface area contributed by atoms with Crippen molar-refractivity contribution in [2.24, 2.45) is 0 Å². The van der Waals surface area contributed by atoms with Crippen LogP contribution in [0.1, 0.15) is 0 Å². The summed E-state index contributed by atoms with van der Waals surface area (Å²) in [5.41, 5.74) is 13.8. The Morgan fingerprint density at radius 1 is 0.250 bits per heavy atom. The molecule has 1 aliphatic rings. The SMILES string of the molecule is c1ccc(-c2ccc3c(c2)N(c2nc(-c4ccccc4)nc(-c4ccccc4)n2)c2cc(-c4ccccc4)cc4c5cc(-c6nc(-c7ccccc7)nc(-c7ccccc7)n6)ccc5n-3c24)cc1. The van der Waals surface area contributed by atoms with Gasteiger partial charge in [-0.1, -0.05) is 188 Å². The first-order valence-corrected chi connectivity index (χ1v) is 22.6. The number of nitrogens with zero attached hydrogens (tertiary/aromatic N) is 8. The standard InChI is InChI=1S/C60H38N8/c1-7-19-39(20-8-1)45-31-34-51-52(37-45)68(60-65-57(43-27-15-5-16-28-43)64-58(66-60)44-29-17-6-18-30-44)53-38-47(40-21-9-2-10-22-40)36-49-48-35-46(32-33-50(48)67(51)54(49)53)59-62-55(41-23-11-3-12-24-41)61-56(63-59)42-25-13-4-14-26-42/h1-38H. The van der Waals surface area contributed by atoms with Gasteiger partial charge >= 0.3 is 0 Å². The fourth-order valence-electron chi connectivity index (χ4n) is 9.37. The quantitative estimate of drug-likeness (QED) is 0.150. The fourth-order valence-corrected chi connectivity index (χ4v) is 9.37. The molecule has 3 aromatic heterocycles. The van der Waals surface area contributed by atoms with Crippen LogP contribution < -0.4 is 4.90 Å². The van der Waals surface area contributed by atoms with Crippen molar-refractivity contribution < 1.29 is 0 Å². The van der Waals surface area contributed by atoms with Crippen LogP contribution in [0.3, 0.4) is 0 Å². The van der Waals surface area contributed by atoms with Gasteiger partial charge in [-0.2, -0.15) is 9.97 Å². The Balaban J connectivity index is 1.11. The van der Waals surface area contributed by atoms with Gasteiger partial charge in [0.05, 0.1) is 28.1 Å². The normalized spacial score (nSPS) is 11.8. The van der Waals surface area contributed by atoms with Gasteiger partial charge in [0.1, 0.15) is 0 Å². The first kappa shape index (κ1) is 39.0. The second kappa shape index (κ2) is 16.2. The number of anilines is 3. The van der Waals surface area contributed by atoms with Crippen molar-refractivity contribution in [1.29, 1.82) is 0 Å². The Bertz CT molecular complexity index is 3710. The summed E-state index contributed by atoms with van der Waals surface area (Å²) in [5.74, 6) is 3.51. The smallest absolute Gasteiger partial charge is 0.238 e. The van der Waals surface area contributed by atoms with Crippen molar-refractivity contribution in [3.05, 3.63) is 231 Å². The van der Waals surface area contributed by atoms with E-state index in [1.807, 2.05) is 121 Å². The van der Waals surface area contributed by atoms with Crippen LogP contribution in [0, 0.1) is 0 Å². The van der Waals surface area contributed by atoms with Gasteiger partial charge in [0.2, 0.25) is 5.95 Å². The number of fused-ring (bicyclic) bond motifs is 5. The van der Waals surface area contributed by atoms with Crippen LogP contribution in [0.2, 0.25) is 0 Å². The molecule has 1 aliphatic heterocycles. The van der Waals surface area contributed by atoms with E-state index in [2.05, 4.69) is 119 Å². The lowest BCUT2D eigenvalue weighted by molar-refractivity contribution is 1.00. The molecule has 0 bridgehead atoms. The molecule has 0 spiro atoms. The predicted molar refractivity (Wildman–Crippen MR) is 274 cm³/mol. The largest absolute Gasteiger partial charge is 0.305 e. The van der Waals surface area contributed by atoms with Crippen molar-refractivity contribution in [2.45, 2.75) is 0 Å². The van der Waals surface area contributed by atoms with Crippen molar-refractivity contribution in [3.8, 4) is 84.9 Å². The molecule has 0 aliphatic carbocycles. The molecule has 0 fully saturated rings. The van der Waals surface area contributed by atoms with Crippen molar-refractivity contribution >= 4 is 39.1 Å². The molecule has 0 N–H and O–H groups in total. The number of benzene rings is 9. The van der Waals surface area contributed by atoms with Crippen LogP contribution in [0.15, 0.2) is 231 Å². The van der Waals surface area contributed by atoms with E-state index in [1.54, 1.807) is 0 Å². The summed E-state index contributed by atoms with van der Waals surface area (Å²) in [6, 6.07) is 79.5. The lowest BCUT2D eigenvalue weighted by Gasteiger charge is -2.32. The van der Waals surface area contributed by atoms with Gasteiger partial charge in [-0.15, -0.1) is 0 Å². The third kappa shape index (κ3) is 6.78. The highest BCUT2D eigenvalue weighted by Crippen LogP contribution is 2.52.